The van der Waals surface area contributed by atoms with Crippen molar-refractivity contribution >= 4 is 34.0 Å². The summed E-state index contributed by atoms with van der Waals surface area (Å²) < 4.78 is 24.4. The van der Waals surface area contributed by atoms with Gasteiger partial charge >= 0.3 is 0 Å². The minimum Gasteiger partial charge on any atom is -0.497 e. The van der Waals surface area contributed by atoms with Gasteiger partial charge in [-0.05, 0) is 49.2 Å². The Bertz CT molecular complexity index is 1390. The summed E-state index contributed by atoms with van der Waals surface area (Å²) in [5.74, 6) is 1.19. The molecule has 2 aromatic heterocycles. The molecule has 1 aliphatic heterocycles. The number of halogens is 1. The van der Waals surface area contributed by atoms with E-state index < -0.39 is 0 Å². The van der Waals surface area contributed by atoms with Gasteiger partial charge in [-0.1, -0.05) is 12.1 Å². The SMILES string of the molecule is COc1ccc2cc(CN(CCc3ccc(F)cc3)C(=O)c3csc(C)n3)c(N3CCOCC3)nc2c1. The molecular weight excluding hydrogens is 491 g/mol. The third kappa shape index (κ3) is 5.89. The molecule has 1 saturated heterocycles. The zero-order valence-corrected chi connectivity index (χ0v) is 21.8. The summed E-state index contributed by atoms with van der Waals surface area (Å²) in [4.78, 5) is 27.1. The number of carbonyl (C=O) groups excluding carboxylic acids is 1. The molecule has 9 heteroatoms. The van der Waals surface area contributed by atoms with E-state index in [-0.39, 0.29) is 11.7 Å². The summed E-state index contributed by atoms with van der Waals surface area (Å²) in [6, 6.07) is 14.4. The molecule has 37 heavy (non-hydrogen) atoms. The summed E-state index contributed by atoms with van der Waals surface area (Å²) >= 11 is 1.46. The second kappa shape index (κ2) is 11.2. The lowest BCUT2D eigenvalue weighted by Crippen LogP contribution is -2.38. The van der Waals surface area contributed by atoms with Gasteiger partial charge in [0.2, 0.25) is 0 Å². The number of rotatable bonds is 8. The van der Waals surface area contributed by atoms with Crippen molar-refractivity contribution in [1.82, 2.24) is 14.9 Å². The van der Waals surface area contributed by atoms with Gasteiger partial charge in [0.15, 0.2) is 0 Å². The van der Waals surface area contributed by atoms with Gasteiger partial charge in [0.05, 0.1) is 30.8 Å². The maximum absolute atomic E-state index is 13.6. The molecule has 4 aromatic rings. The number of aryl methyl sites for hydroxylation is 1. The Balaban J connectivity index is 1.50. The third-order valence-electron chi connectivity index (χ3n) is 6.46. The maximum atomic E-state index is 13.6. The normalized spacial score (nSPS) is 13.6. The number of aromatic nitrogens is 2. The van der Waals surface area contributed by atoms with Crippen LogP contribution in [-0.2, 0) is 17.7 Å². The molecule has 0 saturated carbocycles. The molecule has 0 spiro atoms. The second-order valence-corrected chi connectivity index (χ2v) is 10.0. The van der Waals surface area contributed by atoms with Gasteiger partial charge in [-0.25, -0.2) is 14.4 Å². The molecule has 0 aliphatic carbocycles. The van der Waals surface area contributed by atoms with Gasteiger partial charge in [-0.3, -0.25) is 4.79 Å². The van der Waals surface area contributed by atoms with E-state index in [0.717, 1.165) is 51.7 Å². The number of anilines is 1. The summed E-state index contributed by atoms with van der Waals surface area (Å²) in [5.41, 5.74) is 3.20. The molecule has 192 valence electrons. The molecule has 0 unspecified atom stereocenters. The molecule has 7 nitrogen and oxygen atoms in total. The van der Waals surface area contributed by atoms with Crippen LogP contribution in [0.1, 0.15) is 26.6 Å². The average Bonchev–Trinajstić information content (AvgIpc) is 3.37. The Kier molecular flexibility index (Phi) is 7.62. The van der Waals surface area contributed by atoms with Crippen LogP contribution in [0.4, 0.5) is 10.2 Å². The highest BCUT2D eigenvalue weighted by Crippen LogP contribution is 2.29. The quantitative estimate of drug-likeness (QED) is 0.330. The van der Waals surface area contributed by atoms with Crippen LogP contribution in [-0.4, -0.2) is 60.7 Å². The second-order valence-electron chi connectivity index (χ2n) is 8.98. The molecule has 1 fully saturated rings. The first-order valence-corrected chi connectivity index (χ1v) is 13.1. The molecule has 2 aromatic carbocycles. The van der Waals surface area contributed by atoms with Crippen molar-refractivity contribution in [2.45, 2.75) is 19.9 Å². The van der Waals surface area contributed by atoms with Crippen molar-refractivity contribution < 1.29 is 18.7 Å². The van der Waals surface area contributed by atoms with E-state index in [1.54, 1.807) is 24.6 Å². The Morgan fingerprint density at radius 1 is 1.14 bits per heavy atom. The third-order valence-corrected chi connectivity index (χ3v) is 7.24. The lowest BCUT2D eigenvalue weighted by Gasteiger charge is -2.31. The highest BCUT2D eigenvalue weighted by molar-refractivity contribution is 7.09. The number of thiazole rings is 1. The molecular formula is C28H29FN4O3S. The number of fused-ring (bicyclic) bond motifs is 1. The fraction of sp³-hybridized carbons (Fsp3) is 0.321. The van der Waals surface area contributed by atoms with Crippen LogP contribution in [0.2, 0.25) is 0 Å². The number of hydrogen-bond donors (Lipinski definition) is 0. The molecule has 0 atom stereocenters. The van der Waals surface area contributed by atoms with Gasteiger partial charge in [0.25, 0.3) is 5.91 Å². The monoisotopic (exact) mass is 520 g/mol. The van der Waals surface area contributed by atoms with Crippen LogP contribution in [0.3, 0.4) is 0 Å². The first kappa shape index (κ1) is 25.1. The zero-order valence-electron chi connectivity index (χ0n) is 20.9. The highest BCUT2D eigenvalue weighted by atomic mass is 32.1. The average molecular weight is 521 g/mol. The molecule has 3 heterocycles. The maximum Gasteiger partial charge on any atom is 0.273 e. The van der Waals surface area contributed by atoms with Gasteiger partial charge in [0, 0.05) is 48.6 Å². The first-order valence-electron chi connectivity index (χ1n) is 12.3. The minimum absolute atomic E-state index is 0.130. The lowest BCUT2D eigenvalue weighted by atomic mass is 10.1. The smallest absolute Gasteiger partial charge is 0.273 e. The number of carbonyl (C=O) groups is 1. The number of pyridine rings is 1. The summed E-state index contributed by atoms with van der Waals surface area (Å²) in [6.07, 6.45) is 0.597. The standard InChI is InChI=1S/C28H29FN4O3S/c1-19-30-26(18-37-19)28(34)33(10-9-20-3-6-23(29)7-4-20)17-22-15-21-5-8-24(35-2)16-25(21)31-27(22)32-11-13-36-14-12-32/h3-8,15-16,18H,9-14,17H2,1-2H3. The van der Waals surface area contributed by atoms with Gasteiger partial charge in [0.1, 0.15) is 23.1 Å². The largest absolute Gasteiger partial charge is 0.497 e. The van der Waals surface area contributed by atoms with E-state index in [1.165, 1.54) is 23.5 Å². The molecule has 5 rings (SSSR count). The van der Waals surface area contributed by atoms with E-state index in [1.807, 2.05) is 30.0 Å². The Morgan fingerprint density at radius 3 is 2.62 bits per heavy atom. The van der Waals surface area contributed by atoms with Gasteiger partial charge < -0.3 is 19.3 Å². The minimum atomic E-state index is -0.274. The molecule has 0 bridgehead atoms. The van der Waals surface area contributed by atoms with E-state index in [9.17, 15) is 9.18 Å². The van der Waals surface area contributed by atoms with E-state index >= 15 is 0 Å². The number of morpholine rings is 1. The Hall–Kier alpha value is -3.56. The topological polar surface area (TPSA) is 67.8 Å². The summed E-state index contributed by atoms with van der Waals surface area (Å²) in [5, 5.41) is 3.62. The van der Waals surface area contributed by atoms with E-state index in [0.29, 0.717) is 38.4 Å². The number of amides is 1. The first-order chi connectivity index (χ1) is 18.0. The van der Waals surface area contributed by atoms with Crippen LogP contribution in [0, 0.1) is 12.7 Å². The predicted octanol–water partition coefficient (Wildman–Crippen LogP) is 4.87. The fourth-order valence-corrected chi connectivity index (χ4v) is 5.06. The van der Waals surface area contributed by atoms with Crippen molar-refractivity contribution in [3.8, 4) is 5.75 Å². The molecule has 1 aliphatic rings. The van der Waals surface area contributed by atoms with Crippen molar-refractivity contribution in [3.63, 3.8) is 0 Å². The van der Waals surface area contributed by atoms with Gasteiger partial charge in [-0.2, -0.15) is 0 Å². The number of benzene rings is 2. The molecule has 0 radical (unpaired) electrons. The summed E-state index contributed by atoms with van der Waals surface area (Å²) in [7, 11) is 1.64. The van der Waals surface area contributed by atoms with Crippen LogP contribution < -0.4 is 9.64 Å². The molecule has 0 N–H and O–H groups in total. The Morgan fingerprint density at radius 2 is 1.92 bits per heavy atom. The summed E-state index contributed by atoms with van der Waals surface area (Å²) in [6.45, 7) is 5.44. The van der Waals surface area contributed by atoms with Crippen LogP contribution >= 0.6 is 11.3 Å². The number of nitrogens with zero attached hydrogens (tertiary/aromatic N) is 4. The Labute approximate surface area is 219 Å². The molecule has 1 amide bonds. The van der Waals surface area contributed by atoms with Crippen LogP contribution in [0.5, 0.6) is 5.75 Å². The van der Waals surface area contributed by atoms with Crippen molar-refractivity contribution in [1.29, 1.82) is 0 Å². The zero-order chi connectivity index (χ0) is 25.8. The lowest BCUT2D eigenvalue weighted by molar-refractivity contribution is 0.0739. The van der Waals surface area contributed by atoms with Crippen LogP contribution in [0.15, 0.2) is 53.9 Å². The fourth-order valence-electron chi connectivity index (χ4n) is 4.47. The number of hydrogen-bond acceptors (Lipinski definition) is 7. The van der Waals surface area contributed by atoms with E-state index in [2.05, 4.69) is 16.0 Å². The van der Waals surface area contributed by atoms with Crippen LogP contribution in [0.25, 0.3) is 10.9 Å². The number of ether oxygens (including phenoxy) is 2. The van der Waals surface area contributed by atoms with Crippen molar-refractivity contribution in [2.75, 3.05) is 44.9 Å². The van der Waals surface area contributed by atoms with E-state index in [4.69, 9.17) is 14.5 Å². The number of methoxy groups -OCH3 is 1. The van der Waals surface area contributed by atoms with Gasteiger partial charge in [-0.15, -0.1) is 11.3 Å². The van der Waals surface area contributed by atoms with Crippen molar-refractivity contribution in [2.24, 2.45) is 0 Å². The van der Waals surface area contributed by atoms with Crippen molar-refractivity contribution in [3.05, 3.63) is 81.6 Å². The highest BCUT2D eigenvalue weighted by Gasteiger charge is 2.23. The predicted molar refractivity (Wildman–Crippen MR) is 143 cm³/mol.